The summed E-state index contributed by atoms with van der Waals surface area (Å²) in [5.41, 5.74) is 4.31. The second-order valence-corrected chi connectivity index (χ2v) is 8.47. The van der Waals surface area contributed by atoms with Crippen LogP contribution in [-0.2, 0) is 9.53 Å². The van der Waals surface area contributed by atoms with Crippen LogP contribution < -0.4 is 4.90 Å². The number of nitrogens with zero attached hydrogens (tertiary/aromatic N) is 1. The molecular weight excluding hydrogens is 428 g/mol. The van der Waals surface area contributed by atoms with Crippen molar-refractivity contribution >= 4 is 24.2 Å². The van der Waals surface area contributed by atoms with Gasteiger partial charge in [0.2, 0.25) is 0 Å². The van der Waals surface area contributed by atoms with E-state index in [4.69, 9.17) is 10.1 Å². The number of carbonyl (C=O) groups excluding carboxylic acids is 1. The van der Waals surface area contributed by atoms with Gasteiger partial charge in [-0.1, -0.05) is 43.7 Å². The van der Waals surface area contributed by atoms with Gasteiger partial charge in [-0.3, -0.25) is 0 Å². The lowest BCUT2D eigenvalue weighted by molar-refractivity contribution is -0.106. The number of anilines is 1. The summed E-state index contributed by atoms with van der Waals surface area (Å²) in [5, 5.41) is 16.5. The number of benzene rings is 1. The summed E-state index contributed by atoms with van der Waals surface area (Å²) in [6.45, 7) is 4.78. The van der Waals surface area contributed by atoms with Gasteiger partial charge >= 0.3 is 5.97 Å². The lowest BCUT2D eigenvalue weighted by Gasteiger charge is -2.30. The molecule has 0 radical (unpaired) electrons. The predicted molar refractivity (Wildman–Crippen MR) is 136 cm³/mol. The smallest absolute Gasteiger partial charge is 0.335 e. The van der Waals surface area contributed by atoms with Crippen LogP contribution in [0.25, 0.3) is 0 Å². The molecule has 0 amide bonds. The largest absolute Gasteiger partial charge is 0.490 e. The van der Waals surface area contributed by atoms with Crippen molar-refractivity contribution in [1.29, 1.82) is 5.41 Å². The van der Waals surface area contributed by atoms with E-state index < -0.39 is 5.97 Å². The van der Waals surface area contributed by atoms with Crippen molar-refractivity contribution in [2.45, 2.75) is 45.1 Å². The van der Waals surface area contributed by atoms with E-state index in [2.05, 4.69) is 19.1 Å². The highest BCUT2D eigenvalue weighted by atomic mass is 16.5. The fourth-order valence-electron chi connectivity index (χ4n) is 4.58. The Bertz CT molecular complexity index is 1080. The van der Waals surface area contributed by atoms with Gasteiger partial charge in [-0.15, -0.1) is 0 Å². The molecule has 0 bridgehead atoms. The van der Waals surface area contributed by atoms with Crippen molar-refractivity contribution in [3.63, 3.8) is 0 Å². The van der Waals surface area contributed by atoms with Crippen molar-refractivity contribution in [1.82, 2.24) is 0 Å². The maximum Gasteiger partial charge on any atom is 0.335 e. The lowest BCUT2D eigenvalue weighted by Crippen LogP contribution is -2.36. The van der Waals surface area contributed by atoms with Crippen molar-refractivity contribution in [2.24, 2.45) is 0 Å². The van der Waals surface area contributed by atoms with Gasteiger partial charge in [0, 0.05) is 17.8 Å². The molecule has 2 atom stereocenters. The molecule has 178 valence electrons. The zero-order valence-corrected chi connectivity index (χ0v) is 19.7. The van der Waals surface area contributed by atoms with Crippen LogP contribution in [0.1, 0.15) is 54.9 Å². The third-order valence-electron chi connectivity index (χ3n) is 6.08. The van der Waals surface area contributed by atoms with Crippen molar-refractivity contribution in [2.75, 3.05) is 18.1 Å². The summed E-state index contributed by atoms with van der Waals surface area (Å²) in [5.74, 6) is -0.0128. The molecule has 2 N–H and O–H groups in total. The Hall–Kier alpha value is -3.67. The van der Waals surface area contributed by atoms with Crippen LogP contribution in [0.4, 0.5) is 5.69 Å². The summed E-state index contributed by atoms with van der Waals surface area (Å²) in [6.07, 6.45) is 18.4. The quantitative estimate of drug-likeness (QED) is 0.255. The molecule has 2 aliphatic rings. The number of ether oxygens (including phenoxy) is 1. The fourth-order valence-corrected chi connectivity index (χ4v) is 4.58. The molecule has 2 unspecified atom stereocenters. The molecular formula is C28H32N2O4. The number of allylic oxidation sites excluding steroid dienone is 6. The number of fused-ring (bicyclic) bond motifs is 1. The molecule has 1 aromatic carbocycles. The van der Waals surface area contributed by atoms with E-state index in [0.717, 1.165) is 47.3 Å². The fraction of sp³-hybridized carbons (Fsp3) is 0.321. The monoisotopic (exact) mass is 460 g/mol. The Morgan fingerprint density at radius 2 is 2.09 bits per heavy atom. The van der Waals surface area contributed by atoms with E-state index in [-0.39, 0.29) is 24.1 Å². The van der Waals surface area contributed by atoms with Gasteiger partial charge in [0.05, 0.1) is 18.2 Å². The van der Waals surface area contributed by atoms with Gasteiger partial charge in [-0.2, -0.15) is 0 Å². The van der Waals surface area contributed by atoms with E-state index in [1.54, 1.807) is 18.2 Å². The first-order valence-electron chi connectivity index (χ1n) is 11.6. The molecule has 6 nitrogen and oxygen atoms in total. The molecule has 0 saturated carbocycles. The molecule has 1 heterocycles. The molecule has 1 aliphatic carbocycles. The summed E-state index contributed by atoms with van der Waals surface area (Å²) in [4.78, 5) is 25.2. The average molecular weight is 461 g/mol. The number of hydrogen-bond donors (Lipinski definition) is 2. The first-order valence-corrected chi connectivity index (χ1v) is 11.6. The SMILES string of the molecule is CCCC1c2ccc(C(=O)O)cc2N(CC=O)C1C1=CCC=C(OC/C(C)=C/C=C\C=N)C=C1. The van der Waals surface area contributed by atoms with Gasteiger partial charge in [0.15, 0.2) is 0 Å². The second-order valence-electron chi connectivity index (χ2n) is 8.47. The number of hydrogen-bond acceptors (Lipinski definition) is 5. The zero-order chi connectivity index (χ0) is 24.5. The van der Waals surface area contributed by atoms with Crippen LogP contribution in [0.5, 0.6) is 0 Å². The van der Waals surface area contributed by atoms with E-state index in [1.165, 1.54) is 6.21 Å². The van der Waals surface area contributed by atoms with Gasteiger partial charge < -0.3 is 24.9 Å². The van der Waals surface area contributed by atoms with Crippen molar-refractivity contribution in [3.8, 4) is 0 Å². The molecule has 6 heteroatoms. The molecule has 0 spiro atoms. The molecule has 0 fully saturated rings. The van der Waals surface area contributed by atoms with Crippen molar-refractivity contribution < 1.29 is 19.4 Å². The topological polar surface area (TPSA) is 90.7 Å². The normalized spacial score (nSPS) is 19.9. The standard InChI is InChI=1S/C28H32N2O4/c1-3-7-25-24-14-12-22(28(32)33)18-26(24)30(16-17-31)27(25)21-9-6-10-23(13-11-21)34-19-20(2)8-4-5-15-29/h4-5,8-15,17-18,25,27,29H,3,6-7,16,19H2,1-2H3,(H,32,33)/b5-4-,20-8+,29-15?. The Balaban J connectivity index is 1.84. The van der Waals surface area contributed by atoms with E-state index in [1.807, 2.05) is 42.2 Å². The predicted octanol–water partition coefficient (Wildman–Crippen LogP) is 5.59. The Kier molecular flexibility index (Phi) is 8.79. The van der Waals surface area contributed by atoms with Gasteiger partial charge in [0.1, 0.15) is 18.7 Å². The Morgan fingerprint density at radius 3 is 2.79 bits per heavy atom. The highest BCUT2D eigenvalue weighted by Gasteiger charge is 2.39. The van der Waals surface area contributed by atoms with Crippen LogP contribution in [0, 0.1) is 5.41 Å². The van der Waals surface area contributed by atoms with Crippen LogP contribution in [0.3, 0.4) is 0 Å². The maximum absolute atomic E-state index is 11.6. The van der Waals surface area contributed by atoms with E-state index in [9.17, 15) is 14.7 Å². The highest BCUT2D eigenvalue weighted by molar-refractivity contribution is 5.90. The third-order valence-corrected chi connectivity index (χ3v) is 6.08. The first kappa shape index (κ1) is 25.0. The van der Waals surface area contributed by atoms with Gasteiger partial charge in [-0.25, -0.2) is 4.79 Å². The number of aromatic carboxylic acids is 1. The summed E-state index contributed by atoms with van der Waals surface area (Å²) in [7, 11) is 0. The molecule has 1 aliphatic heterocycles. The zero-order valence-electron chi connectivity index (χ0n) is 19.7. The first-order chi connectivity index (χ1) is 16.5. The number of carbonyl (C=O) groups is 2. The maximum atomic E-state index is 11.6. The summed E-state index contributed by atoms with van der Waals surface area (Å²) in [6, 6.07) is 5.22. The van der Waals surface area contributed by atoms with Gasteiger partial charge in [0.25, 0.3) is 0 Å². The highest BCUT2D eigenvalue weighted by Crippen LogP contribution is 2.46. The number of nitrogens with one attached hydrogen (secondary N) is 1. The number of aldehydes is 1. The molecule has 34 heavy (non-hydrogen) atoms. The number of carboxylic acids is 1. The summed E-state index contributed by atoms with van der Waals surface area (Å²) >= 11 is 0. The van der Waals surface area contributed by atoms with Crippen LogP contribution in [0.2, 0.25) is 0 Å². The molecule has 3 rings (SSSR count). The summed E-state index contributed by atoms with van der Waals surface area (Å²) < 4.78 is 5.97. The molecule has 0 saturated heterocycles. The Morgan fingerprint density at radius 1 is 1.26 bits per heavy atom. The van der Waals surface area contributed by atoms with Crippen LogP contribution in [-0.4, -0.2) is 42.8 Å². The van der Waals surface area contributed by atoms with Crippen LogP contribution in [0.15, 0.2) is 77.6 Å². The number of rotatable bonds is 11. The average Bonchev–Trinajstić information content (AvgIpc) is 2.96. The van der Waals surface area contributed by atoms with Crippen LogP contribution >= 0.6 is 0 Å². The minimum atomic E-state index is -0.971. The Labute approximate surface area is 201 Å². The second kappa shape index (κ2) is 12.0. The lowest BCUT2D eigenvalue weighted by atomic mass is 9.86. The minimum absolute atomic E-state index is 0.0407. The number of carboxylic acid groups (broad SMARTS) is 1. The van der Waals surface area contributed by atoms with Gasteiger partial charge in [-0.05, 0) is 66.8 Å². The third kappa shape index (κ3) is 5.81. The molecule has 1 aromatic rings. The minimum Gasteiger partial charge on any atom is -0.490 e. The van der Waals surface area contributed by atoms with E-state index >= 15 is 0 Å². The van der Waals surface area contributed by atoms with E-state index in [0.29, 0.717) is 13.0 Å². The molecule has 0 aromatic heterocycles. The van der Waals surface area contributed by atoms with Crippen molar-refractivity contribution in [3.05, 3.63) is 88.8 Å².